The van der Waals surface area contributed by atoms with Crippen LogP contribution in [-0.4, -0.2) is 31.6 Å². The molecular weight excluding hydrogens is 214 g/mol. The Balaban J connectivity index is 2.51. The van der Waals surface area contributed by atoms with Gasteiger partial charge in [0.1, 0.15) is 0 Å². The van der Waals surface area contributed by atoms with Gasteiger partial charge >= 0.3 is 5.97 Å². The molecule has 0 aliphatic rings. The van der Waals surface area contributed by atoms with Crippen LogP contribution in [-0.2, 0) is 16.1 Å². The standard InChI is InChI=1S/C11H14ClNO2/c1-13(8-11(14)15-2)7-9-4-3-5-10(12)6-9/h3-6H,7-8H2,1-2H3. The van der Waals surface area contributed by atoms with Crippen molar-refractivity contribution in [2.24, 2.45) is 0 Å². The fraction of sp³-hybridized carbons (Fsp3) is 0.364. The number of hydrogen-bond donors (Lipinski definition) is 0. The lowest BCUT2D eigenvalue weighted by atomic mass is 10.2. The maximum absolute atomic E-state index is 11.0. The number of benzene rings is 1. The molecule has 0 bridgehead atoms. The number of likely N-dealkylation sites (N-methyl/N-ethyl adjacent to an activating group) is 1. The SMILES string of the molecule is COC(=O)CN(C)Cc1cccc(Cl)c1. The van der Waals surface area contributed by atoms with E-state index in [9.17, 15) is 4.79 Å². The molecule has 0 N–H and O–H groups in total. The third kappa shape index (κ3) is 4.32. The summed E-state index contributed by atoms with van der Waals surface area (Å²) in [6.45, 7) is 0.957. The van der Waals surface area contributed by atoms with Crippen LogP contribution in [0.15, 0.2) is 24.3 Å². The normalized spacial score (nSPS) is 10.4. The summed E-state index contributed by atoms with van der Waals surface area (Å²) in [5.41, 5.74) is 1.08. The van der Waals surface area contributed by atoms with Crippen molar-refractivity contribution >= 4 is 17.6 Å². The van der Waals surface area contributed by atoms with Gasteiger partial charge < -0.3 is 4.74 Å². The lowest BCUT2D eigenvalue weighted by molar-refractivity contribution is -0.141. The number of esters is 1. The van der Waals surface area contributed by atoms with Crippen molar-refractivity contribution in [2.75, 3.05) is 20.7 Å². The molecule has 1 rings (SSSR count). The van der Waals surface area contributed by atoms with Gasteiger partial charge in [0.2, 0.25) is 0 Å². The van der Waals surface area contributed by atoms with Gasteiger partial charge in [0.15, 0.2) is 0 Å². The smallest absolute Gasteiger partial charge is 0.319 e. The number of rotatable bonds is 4. The molecule has 0 radical (unpaired) electrons. The average molecular weight is 228 g/mol. The summed E-state index contributed by atoms with van der Waals surface area (Å²) in [5, 5.41) is 0.707. The summed E-state index contributed by atoms with van der Waals surface area (Å²) < 4.78 is 4.58. The number of carbonyl (C=O) groups excluding carboxylic acids is 1. The van der Waals surface area contributed by atoms with Gasteiger partial charge in [-0.1, -0.05) is 23.7 Å². The molecule has 1 aromatic carbocycles. The molecular formula is C11H14ClNO2. The van der Waals surface area contributed by atoms with E-state index in [1.165, 1.54) is 7.11 Å². The van der Waals surface area contributed by atoms with Gasteiger partial charge in [-0.15, -0.1) is 0 Å². The Morgan fingerprint density at radius 1 is 1.53 bits per heavy atom. The summed E-state index contributed by atoms with van der Waals surface area (Å²) in [5.74, 6) is -0.237. The molecule has 4 heteroatoms. The first-order valence-corrected chi connectivity index (χ1v) is 4.99. The van der Waals surface area contributed by atoms with Crippen molar-refractivity contribution in [1.82, 2.24) is 4.90 Å². The van der Waals surface area contributed by atoms with Crippen molar-refractivity contribution in [3.8, 4) is 0 Å². The van der Waals surface area contributed by atoms with Gasteiger partial charge in [0.05, 0.1) is 13.7 Å². The topological polar surface area (TPSA) is 29.5 Å². The van der Waals surface area contributed by atoms with E-state index in [4.69, 9.17) is 11.6 Å². The number of methoxy groups -OCH3 is 1. The first-order valence-electron chi connectivity index (χ1n) is 4.61. The molecule has 0 aliphatic heterocycles. The van der Waals surface area contributed by atoms with Crippen molar-refractivity contribution in [3.05, 3.63) is 34.9 Å². The fourth-order valence-electron chi connectivity index (χ4n) is 1.29. The minimum absolute atomic E-state index is 0.237. The molecule has 0 unspecified atom stereocenters. The quantitative estimate of drug-likeness (QED) is 0.737. The van der Waals surface area contributed by atoms with Crippen molar-refractivity contribution in [1.29, 1.82) is 0 Å². The van der Waals surface area contributed by atoms with Gasteiger partial charge in [-0.05, 0) is 24.7 Å². The summed E-state index contributed by atoms with van der Waals surface area (Å²) in [7, 11) is 3.24. The maximum atomic E-state index is 11.0. The zero-order chi connectivity index (χ0) is 11.3. The molecule has 0 saturated carbocycles. The summed E-state index contributed by atoms with van der Waals surface area (Å²) in [4.78, 5) is 12.9. The van der Waals surface area contributed by atoms with Gasteiger partial charge in [-0.3, -0.25) is 9.69 Å². The van der Waals surface area contributed by atoms with E-state index >= 15 is 0 Å². The number of halogens is 1. The largest absolute Gasteiger partial charge is 0.468 e. The monoisotopic (exact) mass is 227 g/mol. The van der Waals surface area contributed by atoms with Crippen molar-refractivity contribution in [3.63, 3.8) is 0 Å². The second kappa shape index (κ2) is 5.73. The van der Waals surface area contributed by atoms with E-state index in [1.807, 2.05) is 36.2 Å². The highest BCUT2D eigenvalue weighted by atomic mass is 35.5. The van der Waals surface area contributed by atoms with Crippen molar-refractivity contribution < 1.29 is 9.53 Å². The molecule has 0 atom stereocenters. The fourth-order valence-corrected chi connectivity index (χ4v) is 1.50. The lowest BCUT2D eigenvalue weighted by Crippen LogP contribution is -2.26. The molecule has 3 nitrogen and oxygen atoms in total. The predicted octanol–water partition coefficient (Wildman–Crippen LogP) is 1.94. The second-order valence-corrected chi connectivity index (χ2v) is 3.81. The molecule has 82 valence electrons. The first kappa shape index (κ1) is 12.0. The third-order valence-electron chi connectivity index (χ3n) is 1.97. The highest BCUT2D eigenvalue weighted by molar-refractivity contribution is 6.30. The van der Waals surface area contributed by atoms with Crippen LogP contribution in [0.2, 0.25) is 5.02 Å². The summed E-state index contributed by atoms with van der Waals surface area (Å²) >= 11 is 5.85. The Morgan fingerprint density at radius 3 is 2.87 bits per heavy atom. The van der Waals surface area contributed by atoms with Crippen molar-refractivity contribution in [2.45, 2.75) is 6.54 Å². The van der Waals surface area contributed by atoms with E-state index in [0.29, 0.717) is 11.6 Å². The maximum Gasteiger partial charge on any atom is 0.319 e. The van der Waals surface area contributed by atoms with Crippen LogP contribution in [0, 0.1) is 0 Å². The van der Waals surface area contributed by atoms with E-state index < -0.39 is 0 Å². The second-order valence-electron chi connectivity index (χ2n) is 3.38. The minimum Gasteiger partial charge on any atom is -0.468 e. The van der Waals surface area contributed by atoms with Crippen LogP contribution < -0.4 is 0 Å². The van der Waals surface area contributed by atoms with Crippen LogP contribution >= 0.6 is 11.6 Å². The zero-order valence-electron chi connectivity index (χ0n) is 8.87. The van der Waals surface area contributed by atoms with Gasteiger partial charge in [0, 0.05) is 11.6 Å². The minimum atomic E-state index is -0.237. The molecule has 0 fully saturated rings. The van der Waals surface area contributed by atoms with Crippen LogP contribution in [0.5, 0.6) is 0 Å². The molecule has 0 spiro atoms. The van der Waals surface area contributed by atoms with E-state index in [2.05, 4.69) is 4.74 Å². The van der Waals surface area contributed by atoms with Crippen LogP contribution in [0.3, 0.4) is 0 Å². The van der Waals surface area contributed by atoms with E-state index in [0.717, 1.165) is 5.56 Å². The summed E-state index contributed by atoms with van der Waals surface area (Å²) in [6, 6.07) is 7.57. The molecule has 0 aliphatic carbocycles. The number of hydrogen-bond acceptors (Lipinski definition) is 3. The zero-order valence-corrected chi connectivity index (χ0v) is 9.62. The van der Waals surface area contributed by atoms with E-state index in [1.54, 1.807) is 0 Å². The van der Waals surface area contributed by atoms with Gasteiger partial charge in [-0.25, -0.2) is 0 Å². The number of carbonyl (C=O) groups is 1. The Morgan fingerprint density at radius 2 is 2.27 bits per heavy atom. The molecule has 0 aromatic heterocycles. The van der Waals surface area contributed by atoms with Crippen LogP contribution in [0.25, 0.3) is 0 Å². The molecule has 0 amide bonds. The third-order valence-corrected chi connectivity index (χ3v) is 2.20. The number of nitrogens with zero attached hydrogens (tertiary/aromatic N) is 1. The Kier molecular flexibility index (Phi) is 4.59. The highest BCUT2D eigenvalue weighted by Gasteiger charge is 2.06. The Hall–Kier alpha value is -1.06. The van der Waals surface area contributed by atoms with Gasteiger partial charge in [0.25, 0.3) is 0 Å². The highest BCUT2D eigenvalue weighted by Crippen LogP contribution is 2.11. The number of ether oxygens (including phenoxy) is 1. The molecule has 15 heavy (non-hydrogen) atoms. The van der Waals surface area contributed by atoms with E-state index in [-0.39, 0.29) is 12.5 Å². The van der Waals surface area contributed by atoms with Crippen LogP contribution in [0.1, 0.15) is 5.56 Å². The average Bonchev–Trinajstić information content (AvgIpc) is 2.17. The lowest BCUT2D eigenvalue weighted by Gasteiger charge is -2.14. The Bertz CT molecular complexity index is 341. The molecule has 0 heterocycles. The predicted molar refractivity (Wildman–Crippen MR) is 59.8 cm³/mol. The molecule has 1 aromatic rings. The Labute approximate surface area is 94.6 Å². The summed E-state index contributed by atoms with van der Waals surface area (Å²) in [6.07, 6.45) is 0. The van der Waals surface area contributed by atoms with Gasteiger partial charge in [-0.2, -0.15) is 0 Å². The van der Waals surface area contributed by atoms with Crippen LogP contribution in [0.4, 0.5) is 0 Å². The molecule has 0 saturated heterocycles. The first-order chi connectivity index (χ1) is 7.11.